The minimum atomic E-state index is -0.160. The van der Waals surface area contributed by atoms with Crippen molar-refractivity contribution in [3.63, 3.8) is 0 Å². The van der Waals surface area contributed by atoms with Crippen molar-refractivity contribution in [3.05, 3.63) is 53.6 Å². The zero-order valence-corrected chi connectivity index (χ0v) is 16.6. The van der Waals surface area contributed by atoms with E-state index in [-0.39, 0.29) is 5.91 Å². The molecule has 150 valence electrons. The molecule has 1 N–H and O–H groups in total. The SMILES string of the molecule is COc1ccc(C(=O)NCc2ccc(OCCN3CCCC3)cc2)cc1OC. The van der Waals surface area contributed by atoms with Gasteiger partial charge in [-0.3, -0.25) is 9.69 Å². The van der Waals surface area contributed by atoms with E-state index in [1.165, 1.54) is 25.9 Å². The lowest BCUT2D eigenvalue weighted by molar-refractivity contribution is 0.0950. The van der Waals surface area contributed by atoms with Crippen LogP contribution in [0.3, 0.4) is 0 Å². The van der Waals surface area contributed by atoms with Gasteiger partial charge in [-0.05, 0) is 61.8 Å². The van der Waals surface area contributed by atoms with Crippen molar-refractivity contribution in [1.29, 1.82) is 0 Å². The molecule has 0 spiro atoms. The minimum Gasteiger partial charge on any atom is -0.493 e. The topological polar surface area (TPSA) is 60.0 Å². The Labute approximate surface area is 166 Å². The van der Waals surface area contributed by atoms with E-state index in [4.69, 9.17) is 14.2 Å². The van der Waals surface area contributed by atoms with Gasteiger partial charge in [-0.2, -0.15) is 0 Å². The number of hydrogen-bond donors (Lipinski definition) is 1. The summed E-state index contributed by atoms with van der Waals surface area (Å²) < 4.78 is 16.3. The van der Waals surface area contributed by atoms with Crippen LogP contribution in [0.25, 0.3) is 0 Å². The molecular weight excluding hydrogens is 356 g/mol. The van der Waals surface area contributed by atoms with Gasteiger partial charge in [0.2, 0.25) is 0 Å². The predicted molar refractivity (Wildman–Crippen MR) is 108 cm³/mol. The number of likely N-dealkylation sites (tertiary alicyclic amines) is 1. The summed E-state index contributed by atoms with van der Waals surface area (Å²) in [6, 6.07) is 12.9. The number of carbonyl (C=O) groups excluding carboxylic acids is 1. The number of hydrogen-bond acceptors (Lipinski definition) is 5. The zero-order valence-electron chi connectivity index (χ0n) is 16.6. The Morgan fingerprint density at radius 2 is 1.71 bits per heavy atom. The molecule has 0 atom stereocenters. The van der Waals surface area contributed by atoms with Crippen LogP contribution in [0.5, 0.6) is 17.2 Å². The number of benzene rings is 2. The van der Waals surface area contributed by atoms with Gasteiger partial charge in [0.15, 0.2) is 11.5 Å². The molecule has 1 aliphatic rings. The summed E-state index contributed by atoms with van der Waals surface area (Å²) in [4.78, 5) is 14.8. The van der Waals surface area contributed by atoms with Gasteiger partial charge in [0, 0.05) is 18.7 Å². The fourth-order valence-corrected chi connectivity index (χ4v) is 3.26. The summed E-state index contributed by atoms with van der Waals surface area (Å²) in [5.74, 6) is 1.83. The van der Waals surface area contributed by atoms with Crippen molar-refractivity contribution < 1.29 is 19.0 Å². The molecule has 1 aliphatic heterocycles. The molecule has 1 amide bonds. The van der Waals surface area contributed by atoms with Crippen LogP contribution in [0.2, 0.25) is 0 Å². The largest absolute Gasteiger partial charge is 0.493 e. The van der Waals surface area contributed by atoms with E-state index >= 15 is 0 Å². The van der Waals surface area contributed by atoms with E-state index in [2.05, 4.69) is 10.2 Å². The van der Waals surface area contributed by atoms with Crippen LogP contribution in [-0.4, -0.2) is 51.3 Å². The van der Waals surface area contributed by atoms with Crippen molar-refractivity contribution in [2.75, 3.05) is 40.5 Å². The summed E-state index contributed by atoms with van der Waals surface area (Å²) in [6.07, 6.45) is 2.59. The van der Waals surface area contributed by atoms with Gasteiger partial charge in [0.25, 0.3) is 5.91 Å². The maximum Gasteiger partial charge on any atom is 0.251 e. The van der Waals surface area contributed by atoms with Crippen molar-refractivity contribution in [1.82, 2.24) is 10.2 Å². The first-order valence-electron chi connectivity index (χ1n) is 9.64. The first kappa shape index (κ1) is 20.0. The summed E-state index contributed by atoms with van der Waals surface area (Å²) in [5.41, 5.74) is 1.54. The van der Waals surface area contributed by atoms with Crippen LogP contribution in [0.1, 0.15) is 28.8 Å². The number of ether oxygens (including phenoxy) is 3. The predicted octanol–water partition coefficient (Wildman–Crippen LogP) is 3.11. The smallest absolute Gasteiger partial charge is 0.251 e. The first-order chi connectivity index (χ1) is 13.7. The maximum atomic E-state index is 12.4. The molecule has 0 aromatic heterocycles. The average molecular weight is 384 g/mol. The highest BCUT2D eigenvalue weighted by Crippen LogP contribution is 2.27. The molecule has 1 saturated heterocycles. The van der Waals surface area contributed by atoms with Crippen molar-refractivity contribution >= 4 is 5.91 Å². The first-order valence-corrected chi connectivity index (χ1v) is 9.64. The Bertz CT molecular complexity index is 771. The fourth-order valence-electron chi connectivity index (χ4n) is 3.26. The molecule has 28 heavy (non-hydrogen) atoms. The quantitative estimate of drug-likeness (QED) is 0.720. The molecule has 0 saturated carbocycles. The molecule has 6 nitrogen and oxygen atoms in total. The highest BCUT2D eigenvalue weighted by molar-refractivity contribution is 5.94. The number of nitrogens with zero attached hydrogens (tertiary/aromatic N) is 1. The van der Waals surface area contributed by atoms with Crippen LogP contribution >= 0.6 is 0 Å². The van der Waals surface area contributed by atoms with Gasteiger partial charge < -0.3 is 19.5 Å². The van der Waals surface area contributed by atoms with Gasteiger partial charge >= 0.3 is 0 Å². The Morgan fingerprint density at radius 1 is 1.00 bits per heavy atom. The molecule has 3 rings (SSSR count). The van der Waals surface area contributed by atoms with Gasteiger partial charge in [0.05, 0.1) is 14.2 Å². The molecule has 0 aliphatic carbocycles. The van der Waals surface area contributed by atoms with Gasteiger partial charge in [0.1, 0.15) is 12.4 Å². The molecular formula is C22H28N2O4. The third-order valence-corrected chi connectivity index (χ3v) is 4.90. The van der Waals surface area contributed by atoms with Crippen LogP contribution in [0.15, 0.2) is 42.5 Å². The maximum absolute atomic E-state index is 12.4. The van der Waals surface area contributed by atoms with Crippen LogP contribution in [-0.2, 0) is 6.54 Å². The van der Waals surface area contributed by atoms with E-state index in [1.807, 2.05) is 24.3 Å². The highest BCUT2D eigenvalue weighted by atomic mass is 16.5. The lowest BCUT2D eigenvalue weighted by atomic mass is 10.1. The third-order valence-electron chi connectivity index (χ3n) is 4.90. The van der Waals surface area contributed by atoms with Gasteiger partial charge in [-0.15, -0.1) is 0 Å². The number of rotatable bonds is 9. The second-order valence-electron chi connectivity index (χ2n) is 6.79. The van der Waals surface area contributed by atoms with Crippen LogP contribution < -0.4 is 19.5 Å². The molecule has 2 aromatic carbocycles. The number of nitrogens with one attached hydrogen (secondary N) is 1. The molecule has 2 aromatic rings. The molecule has 0 unspecified atom stereocenters. The Morgan fingerprint density at radius 3 is 2.39 bits per heavy atom. The standard InChI is InChI=1S/C22H28N2O4/c1-26-20-10-7-18(15-21(20)27-2)22(25)23-16-17-5-8-19(9-6-17)28-14-13-24-11-3-4-12-24/h5-10,15H,3-4,11-14,16H2,1-2H3,(H,23,25). The summed E-state index contributed by atoms with van der Waals surface area (Å²) >= 11 is 0. The van der Waals surface area contributed by atoms with Gasteiger partial charge in [-0.25, -0.2) is 0 Å². The summed E-state index contributed by atoms with van der Waals surface area (Å²) in [5, 5.41) is 2.92. The van der Waals surface area contributed by atoms with Gasteiger partial charge in [-0.1, -0.05) is 12.1 Å². The van der Waals surface area contributed by atoms with Crippen LogP contribution in [0.4, 0.5) is 0 Å². The second kappa shape index (κ2) is 9.99. The zero-order chi connectivity index (χ0) is 19.8. The van der Waals surface area contributed by atoms with Crippen LogP contribution in [0, 0.1) is 0 Å². The van der Waals surface area contributed by atoms with Crippen molar-refractivity contribution in [2.45, 2.75) is 19.4 Å². The second-order valence-corrected chi connectivity index (χ2v) is 6.79. The number of methoxy groups -OCH3 is 2. The monoisotopic (exact) mass is 384 g/mol. The highest BCUT2D eigenvalue weighted by Gasteiger charge is 2.12. The Kier molecular flexibility index (Phi) is 7.14. The number of amides is 1. The number of carbonyl (C=O) groups is 1. The Hall–Kier alpha value is -2.73. The molecule has 6 heteroatoms. The molecule has 0 radical (unpaired) electrons. The third kappa shape index (κ3) is 5.39. The normalized spacial score (nSPS) is 13.9. The summed E-state index contributed by atoms with van der Waals surface area (Å²) in [6.45, 7) is 4.49. The van der Waals surface area contributed by atoms with E-state index in [1.54, 1.807) is 32.4 Å². The lowest BCUT2D eigenvalue weighted by Gasteiger charge is -2.15. The average Bonchev–Trinajstić information content (AvgIpc) is 3.26. The van der Waals surface area contributed by atoms with E-state index in [9.17, 15) is 4.79 Å². The Balaban J connectivity index is 1.46. The molecule has 1 heterocycles. The minimum absolute atomic E-state index is 0.160. The molecule has 1 fully saturated rings. The van der Waals surface area contributed by atoms with E-state index < -0.39 is 0 Å². The lowest BCUT2D eigenvalue weighted by Crippen LogP contribution is -2.25. The molecule has 0 bridgehead atoms. The summed E-state index contributed by atoms with van der Waals surface area (Å²) in [7, 11) is 3.12. The van der Waals surface area contributed by atoms with Crippen molar-refractivity contribution in [2.24, 2.45) is 0 Å². The van der Waals surface area contributed by atoms with E-state index in [0.29, 0.717) is 30.2 Å². The van der Waals surface area contributed by atoms with Crippen molar-refractivity contribution in [3.8, 4) is 17.2 Å². The fraction of sp³-hybridized carbons (Fsp3) is 0.409. The van der Waals surface area contributed by atoms with E-state index in [0.717, 1.165) is 17.9 Å².